The molecule has 0 aliphatic heterocycles. The number of anilines is 1. The number of halogens is 1. The number of aromatic nitrogens is 2. The molecule has 2 aromatic heterocycles. The number of hydrogen-bond donors (Lipinski definition) is 1. The molecule has 0 spiro atoms. The Hall–Kier alpha value is -1.13. The van der Waals surface area contributed by atoms with Gasteiger partial charge in [0.05, 0.1) is 10.6 Å². The van der Waals surface area contributed by atoms with Crippen molar-refractivity contribution < 1.29 is 0 Å². The van der Waals surface area contributed by atoms with Crippen LogP contribution in [0.15, 0.2) is 29.9 Å². The second-order valence-electron chi connectivity index (χ2n) is 3.92. The Morgan fingerprint density at radius 1 is 1.31 bits per heavy atom. The maximum Gasteiger partial charge on any atom is 0.145 e. The fraction of sp³-hybridized carbons (Fsp3) is 0.273. The molecule has 0 radical (unpaired) electrons. The fourth-order valence-corrected chi connectivity index (χ4v) is 2.25. The summed E-state index contributed by atoms with van der Waals surface area (Å²) < 4.78 is 0. The van der Waals surface area contributed by atoms with Crippen LogP contribution < -0.4 is 5.32 Å². The predicted octanol–water partition coefficient (Wildman–Crippen LogP) is 3.54. The second kappa shape index (κ2) is 4.39. The largest absolute Gasteiger partial charge is 0.357 e. The first-order chi connectivity index (χ1) is 7.59. The molecule has 0 bridgehead atoms. The van der Waals surface area contributed by atoms with Gasteiger partial charge in [-0.25, -0.2) is 9.97 Å². The SMILES string of the molecule is CC(C)(Nc1ncccc1Cl)c1nccs1. The first-order valence-electron chi connectivity index (χ1n) is 4.88. The molecular formula is C11H12ClN3S. The Morgan fingerprint density at radius 3 is 2.75 bits per heavy atom. The van der Waals surface area contributed by atoms with Crippen LogP contribution in [-0.2, 0) is 5.54 Å². The number of nitrogens with one attached hydrogen (secondary N) is 1. The predicted molar refractivity (Wildman–Crippen MR) is 68.0 cm³/mol. The third-order valence-corrected chi connectivity index (χ3v) is 3.56. The molecule has 0 aliphatic carbocycles. The van der Waals surface area contributed by atoms with Crippen molar-refractivity contribution in [3.63, 3.8) is 0 Å². The smallest absolute Gasteiger partial charge is 0.145 e. The highest BCUT2D eigenvalue weighted by Crippen LogP contribution is 2.29. The van der Waals surface area contributed by atoms with Crippen LogP contribution in [-0.4, -0.2) is 9.97 Å². The van der Waals surface area contributed by atoms with Gasteiger partial charge in [-0.3, -0.25) is 0 Å². The Bertz CT molecular complexity index is 468. The van der Waals surface area contributed by atoms with Gasteiger partial charge < -0.3 is 5.32 Å². The number of pyridine rings is 1. The lowest BCUT2D eigenvalue weighted by molar-refractivity contribution is 0.601. The summed E-state index contributed by atoms with van der Waals surface area (Å²) in [5, 5.41) is 6.88. The van der Waals surface area contributed by atoms with Crippen molar-refractivity contribution in [2.24, 2.45) is 0 Å². The molecule has 0 aliphatic rings. The second-order valence-corrected chi connectivity index (χ2v) is 5.22. The molecule has 16 heavy (non-hydrogen) atoms. The number of rotatable bonds is 3. The molecule has 0 atom stereocenters. The zero-order chi connectivity index (χ0) is 11.6. The highest BCUT2D eigenvalue weighted by Gasteiger charge is 2.24. The average Bonchev–Trinajstić information content (AvgIpc) is 2.75. The van der Waals surface area contributed by atoms with E-state index in [1.165, 1.54) is 0 Å². The van der Waals surface area contributed by atoms with E-state index in [1.807, 2.05) is 17.5 Å². The van der Waals surface area contributed by atoms with Gasteiger partial charge in [-0.1, -0.05) is 11.6 Å². The molecule has 5 heteroatoms. The summed E-state index contributed by atoms with van der Waals surface area (Å²) >= 11 is 7.66. The summed E-state index contributed by atoms with van der Waals surface area (Å²) in [5.41, 5.74) is -0.272. The number of nitrogens with zero attached hydrogens (tertiary/aromatic N) is 2. The van der Waals surface area contributed by atoms with Crippen LogP contribution in [0.2, 0.25) is 5.02 Å². The normalized spacial score (nSPS) is 11.4. The van der Waals surface area contributed by atoms with Crippen LogP contribution >= 0.6 is 22.9 Å². The lowest BCUT2D eigenvalue weighted by atomic mass is 10.1. The van der Waals surface area contributed by atoms with E-state index in [9.17, 15) is 0 Å². The minimum atomic E-state index is -0.272. The summed E-state index contributed by atoms with van der Waals surface area (Å²) in [5.74, 6) is 0.685. The van der Waals surface area contributed by atoms with E-state index < -0.39 is 0 Å². The van der Waals surface area contributed by atoms with Gasteiger partial charge in [-0.05, 0) is 26.0 Å². The minimum absolute atomic E-state index is 0.272. The van der Waals surface area contributed by atoms with Gasteiger partial charge in [-0.2, -0.15) is 0 Å². The Morgan fingerprint density at radius 2 is 2.12 bits per heavy atom. The van der Waals surface area contributed by atoms with E-state index in [4.69, 9.17) is 11.6 Å². The summed E-state index contributed by atoms with van der Waals surface area (Å²) in [6.07, 6.45) is 3.51. The molecule has 0 amide bonds. The van der Waals surface area contributed by atoms with Crippen molar-refractivity contribution in [1.82, 2.24) is 9.97 Å². The van der Waals surface area contributed by atoms with E-state index in [0.29, 0.717) is 10.8 Å². The van der Waals surface area contributed by atoms with E-state index in [-0.39, 0.29) is 5.54 Å². The summed E-state index contributed by atoms with van der Waals surface area (Å²) in [7, 11) is 0. The molecule has 2 rings (SSSR count). The van der Waals surface area contributed by atoms with Crippen molar-refractivity contribution in [3.05, 3.63) is 39.9 Å². The van der Waals surface area contributed by atoms with Gasteiger partial charge in [-0.15, -0.1) is 11.3 Å². The van der Waals surface area contributed by atoms with Crippen LogP contribution in [0.3, 0.4) is 0 Å². The zero-order valence-corrected chi connectivity index (χ0v) is 10.6. The Kier molecular flexibility index (Phi) is 3.12. The van der Waals surface area contributed by atoms with E-state index in [2.05, 4.69) is 29.1 Å². The van der Waals surface area contributed by atoms with E-state index in [0.717, 1.165) is 5.01 Å². The number of hydrogen-bond acceptors (Lipinski definition) is 4. The topological polar surface area (TPSA) is 37.8 Å². The Labute approximate surface area is 104 Å². The van der Waals surface area contributed by atoms with Crippen molar-refractivity contribution in [1.29, 1.82) is 0 Å². The lowest BCUT2D eigenvalue weighted by Gasteiger charge is -2.24. The molecule has 0 aromatic carbocycles. The Balaban J connectivity index is 2.25. The highest BCUT2D eigenvalue weighted by atomic mass is 35.5. The monoisotopic (exact) mass is 253 g/mol. The molecule has 2 heterocycles. The third kappa shape index (κ3) is 2.33. The molecule has 0 saturated carbocycles. The van der Waals surface area contributed by atoms with E-state index >= 15 is 0 Å². The van der Waals surface area contributed by atoms with Gasteiger partial charge in [0.25, 0.3) is 0 Å². The average molecular weight is 254 g/mol. The molecule has 0 unspecified atom stereocenters. The zero-order valence-electron chi connectivity index (χ0n) is 9.07. The van der Waals surface area contributed by atoms with Gasteiger partial charge in [0.1, 0.15) is 10.8 Å². The molecular weight excluding hydrogens is 242 g/mol. The van der Waals surface area contributed by atoms with Gasteiger partial charge in [0, 0.05) is 17.8 Å². The lowest BCUT2D eigenvalue weighted by Crippen LogP contribution is -2.28. The molecule has 1 N–H and O–H groups in total. The summed E-state index contributed by atoms with van der Waals surface area (Å²) in [6, 6.07) is 3.62. The van der Waals surface area contributed by atoms with Crippen molar-refractivity contribution in [2.45, 2.75) is 19.4 Å². The highest BCUT2D eigenvalue weighted by molar-refractivity contribution is 7.09. The summed E-state index contributed by atoms with van der Waals surface area (Å²) in [4.78, 5) is 8.51. The van der Waals surface area contributed by atoms with Crippen LogP contribution in [0.1, 0.15) is 18.9 Å². The van der Waals surface area contributed by atoms with Gasteiger partial charge >= 0.3 is 0 Å². The van der Waals surface area contributed by atoms with Crippen LogP contribution in [0.25, 0.3) is 0 Å². The van der Waals surface area contributed by atoms with Gasteiger partial charge in [0.15, 0.2) is 0 Å². The maximum atomic E-state index is 6.05. The third-order valence-electron chi connectivity index (χ3n) is 2.16. The molecule has 84 valence electrons. The first-order valence-corrected chi connectivity index (χ1v) is 6.14. The molecule has 3 nitrogen and oxygen atoms in total. The van der Waals surface area contributed by atoms with Crippen molar-refractivity contribution >= 4 is 28.8 Å². The molecule has 2 aromatic rings. The minimum Gasteiger partial charge on any atom is -0.357 e. The fourth-order valence-electron chi connectivity index (χ4n) is 1.36. The van der Waals surface area contributed by atoms with E-state index in [1.54, 1.807) is 23.7 Å². The number of thiazole rings is 1. The van der Waals surface area contributed by atoms with Crippen LogP contribution in [0, 0.1) is 0 Å². The maximum absolute atomic E-state index is 6.05. The quantitative estimate of drug-likeness (QED) is 0.909. The van der Waals surface area contributed by atoms with Crippen molar-refractivity contribution in [2.75, 3.05) is 5.32 Å². The van der Waals surface area contributed by atoms with Gasteiger partial charge in [0.2, 0.25) is 0 Å². The molecule has 0 saturated heterocycles. The van der Waals surface area contributed by atoms with Crippen LogP contribution in [0.5, 0.6) is 0 Å². The first kappa shape index (κ1) is 11.4. The van der Waals surface area contributed by atoms with Crippen molar-refractivity contribution in [3.8, 4) is 0 Å². The summed E-state index contributed by atoms with van der Waals surface area (Å²) in [6.45, 7) is 4.10. The standard InChI is InChI=1S/C11H12ClN3S/c1-11(2,10-14-6-7-16-10)15-9-8(12)4-3-5-13-9/h3-7H,1-2H3,(H,13,15). The van der Waals surface area contributed by atoms with Crippen LogP contribution in [0.4, 0.5) is 5.82 Å². The molecule has 0 fully saturated rings.